The van der Waals surface area contributed by atoms with E-state index in [1.54, 1.807) is 6.07 Å². The zero-order valence-corrected chi connectivity index (χ0v) is 14.0. The van der Waals surface area contributed by atoms with Gasteiger partial charge < -0.3 is 24.6 Å². The number of amides is 1. The van der Waals surface area contributed by atoms with Crippen LogP contribution in [-0.4, -0.2) is 43.4 Å². The van der Waals surface area contributed by atoms with E-state index in [-0.39, 0.29) is 6.10 Å². The number of rotatable bonds is 5. The van der Waals surface area contributed by atoms with Crippen molar-refractivity contribution in [2.75, 3.05) is 19.5 Å². The molecule has 24 heavy (non-hydrogen) atoms. The lowest BCUT2D eigenvalue weighted by atomic mass is 9.78. The van der Waals surface area contributed by atoms with E-state index in [1.807, 2.05) is 0 Å². The van der Waals surface area contributed by atoms with Gasteiger partial charge >= 0.3 is 5.97 Å². The second-order valence-electron chi connectivity index (χ2n) is 5.86. The number of hydrogen-bond donors (Lipinski definition) is 2. The van der Waals surface area contributed by atoms with E-state index in [9.17, 15) is 14.7 Å². The Balaban J connectivity index is 1.84. The Morgan fingerprint density at radius 2 is 1.79 bits per heavy atom. The van der Waals surface area contributed by atoms with E-state index < -0.39 is 29.8 Å². The Kier molecular flexibility index (Phi) is 4.56. The Labute approximate surface area is 143 Å². The predicted molar refractivity (Wildman–Crippen MR) is 85.7 cm³/mol. The predicted octanol–water partition coefficient (Wildman–Crippen LogP) is 2.17. The van der Waals surface area contributed by atoms with Crippen LogP contribution in [0.25, 0.3) is 0 Å². The number of hydrogen-bond acceptors (Lipinski definition) is 5. The lowest BCUT2D eigenvalue weighted by molar-refractivity contribution is -0.147. The summed E-state index contributed by atoms with van der Waals surface area (Å²) in [6.07, 6.45) is 0.594. The molecule has 2 N–H and O–H groups in total. The summed E-state index contributed by atoms with van der Waals surface area (Å²) >= 11 is 6.09. The number of benzene rings is 1. The van der Waals surface area contributed by atoms with Crippen LogP contribution in [0.5, 0.6) is 11.5 Å². The number of carbonyl (C=O) groups excluding carboxylic acids is 1. The smallest absolute Gasteiger partial charge is 0.310 e. The minimum atomic E-state index is -1.01. The van der Waals surface area contributed by atoms with Crippen molar-refractivity contribution >= 4 is 29.2 Å². The van der Waals surface area contributed by atoms with E-state index in [1.165, 1.54) is 20.3 Å². The minimum absolute atomic E-state index is 0.313. The largest absolute Gasteiger partial charge is 0.495 e. The Morgan fingerprint density at radius 1 is 1.17 bits per heavy atom. The molecule has 0 unspecified atom stereocenters. The van der Waals surface area contributed by atoms with Crippen LogP contribution >= 0.6 is 11.6 Å². The Bertz CT molecular complexity index is 679. The van der Waals surface area contributed by atoms with Gasteiger partial charge in [0.2, 0.25) is 5.91 Å². The average Bonchev–Trinajstić information content (AvgIpc) is 3.16. The molecule has 2 aliphatic rings. The maximum Gasteiger partial charge on any atom is 0.310 e. The zero-order valence-electron chi connectivity index (χ0n) is 13.2. The molecule has 1 aromatic rings. The summed E-state index contributed by atoms with van der Waals surface area (Å²) < 4.78 is 16.0. The van der Waals surface area contributed by atoms with Crippen LogP contribution in [0.1, 0.15) is 12.8 Å². The highest BCUT2D eigenvalue weighted by Crippen LogP contribution is 2.44. The van der Waals surface area contributed by atoms with Gasteiger partial charge in [0.25, 0.3) is 0 Å². The zero-order chi connectivity index (χ0) is 17.4. The van der Waals surface area contributed by atoms with Crippen LogP contribution < -0.4 is 14.8 Å². The van der Waals surface area contributed by atoms with Gasteiger partial charge in [0.1, 0.15) is 11.5 Å². The van der Waals surface area contributed by atoms with E-state index in [0.717, 1.165) is 0 Å². The van der Waals surface area contributed by atoms with Gasteiger partial charge in [-0.3, -0.25) is 9.59 Å². The molecule has 130 valence electrons. The third-order valence-electron chi connectivity index (χ3n) is 4.59. The van der Waals surface area contributed by atoms with E-state index >= 15 is 0 Å². The van der Waals surface area contributed by atoms with Crippen LogP contribution in [-0.2, 0) is 14.3 Å². The fraction of sp³-hybridized carbons (Fsp3) is 0.500. The number of aliphatic carboxylic acids is 1. The molecule has 2 heterocycles. The lowest BCUT2D eigenvalue weighted by Gasteiger charge is -2.24. The van der Waals surface area contributed by atoms with Crippen molar-refractivity contribution in [3.05, 3.63) is 17.2 Å². The fourth-order valence-corrected chi connectivity index (χ4v) is 3.74. The summed E-state index contributed by atoms with van der Waals surface area (Å²) in [5, 5.41) is 12.4. The number of carboxylic acid groups (broad SMARTS) is 1. The summed E-state index contributed by atoms with van der Waals surface area (Å²) in [5.41, 5.74) is 0.361. The molecule has 1 amide bonds. The second-order valence-corrected chi connectivity index (χ2v) is 6.26. The first-order valence-corrected chi connectivity index (χ1v) is 7.94. The van der Waals surface area contributed by atoms with Gasteiger partial charge in [0.15, 0.2) is 0 Å². The van der Waals surface area contributed by atoms with Crippen molar-refractivity contribution in [3.8, 4) is 11.5 Å². The quantitative estimate of drug-likeness (QED) is 0.840. The van der Waals surface area contributed by atoms with Crippen molar-refractivity contribution < 1.29 is 28.9 Å². The average molecular weight is 356 g/mol. The molecule has 2 bridgehead atoms. The number of fused-ring (bicyclic) bond motifs is 2. The molecule has 7 nitrogen and oxygen atoms in total. The van der Waals surface area contributed by atoms with Gasteiger partial charge in [-0.05, 0) is 18.9 Å². The van der Waals surface area contributed by atoms with Gasteiger partial charge in [-0.15, -0.1) is 0 Å². The maximum absolute atomic E-state index is 12.7. The Hall–Kier alpha value is -1.99. The van der Waals surface area contributed by atoms with E-state index in [4.69, 9.17) is 25.8 Å². The molecular formula is C16H18ClNO6. The third-order valence-corrected chi connectivity index (χ3v) is 4.89. The summed E-state index contributed by atoms with van der Waals surface area (Å²) in [5.74, 6) is -2.19. The van der Waals surface area contributed by atoms with Gasteiger partial charge in [-0.2, -0.15) is 0 Å². The van der Waals surface area contributed by atoms with Crippen LogP contribution in [0.15, 0.2) is 12.1 Å². The second kappa shape index (κ2) is 6.49. The molecule has 2 saturated heterocycles. The monoisotopic (exact) mass is 355 g/mol. The summed E-state index contributed by atoms with van der Waals surface area (Å²) in [7, 11) is 2.93. The van der Waals surface area contributed by atoms with Crippen molar-refractivity contribution in [2.24, 2.45) is 11.8 Å². The molecule has 8 heteroatoms. The highest BCUT2D eigenvalue weighted by molar-refractivity contribution is 6.32. The van der Waals surface area contributed by atoms with Gasteiger partial charge in [-0.25, -0.2) is 0 Å². The summed E-state index contributed by atoms with van der Waals surface area (Å²) in [6, 6.07) is 3.07. The fourth-order valence-electron chi connectivity index (χ4n) is 3.50. The summed E-state index contributed by atoms with van der Waals surface area (Å²) in [4.78, 5) is 24.2. The molecule has 0 spiro atoms. The van der Waals surface area contributed by atoms with Gasteiger partial charge in [0, 0.05) is 6.07 Å². The number of methoxy groups -OCH3 is 2. The number of carbonyl (C=O) groups is 2. The number of carboxylic acids is 1. The van der Waals surface area contributed by atoms with Crippen LogP contribution in [0.3, 0.4) is 0 Å². The number of anilines is 1. The molecule has 0 saturated carbocycles. The topological polar surface area (TPSA) is 94.1 Å². The first-order valence-electron chi connectivity index (χ1n) is 7.57. The summed E-state index contributed by atoms with van der Waals surface area (Å²) in [6.45, 7) is 0. The maximum atomic E-state index is 12.7. The molecule has 4 atom stereocenters. The highest BCUT2D eigenvalue weighted by atomic mass is 35.5. The van der Waals surface area contributed by atoms with Crippen molar-refractivity contribution in [3.63, 3.8) is 0 Å². The molecule has 0 aromatic heterocycles. The minimum Gasteiger partial charge on any atom is -0.495 e. The van der Waals surface area contributed by atoms with Gasteiger partial charge in [0.05, 0.1) is 49.0 Å². The third kappa shape index (κ3) is 2.78. The van der Waals surface area contributed by atoms with Crippen molar-refractivity contribution in [1.82, 2.24) is 0 Å². The molecule has 1 aromatic carbocycles. The molecule has 3 rings (SSSR count). The van der Waals surface area contributed by atoms with E-state index in [0.29, 0.717) is 35.1 Å². The number of halogens is 1. The first kappa shape index (κ1) is 16.9. The van der Waals surface area contributed by atoms with Crippen molar-refractivity contribution in [1.29, 1.82) is 0 Å². The molecular weight excluding hydrogens is 338 g/mol. The van der Waals surface area contributed by atoms with E-state index in [2.05, 4.69) is 5.32 Å². The normalized spacial score (nSPS) is 27.8. The molecule has 2 aliphatic heterocycles. The molecule has 2 fully saturated rings. The number of nitrogens with one attached hydrogen (secondary N) is 1. The highest BCUT2D eigenvalue weighted by Gasteiger charge is 2.55. The Morgan fingerprint density at radius 3 is 2.38 bits per heavy atom. The first-order chi connectivity index (χ1) is 11.5. The van der Waals surface area contributed by atoms with Crippen molar-refractivity contribution in [2.45, 2.75) is 25.0 Å². The SMILES string of the molecule is COc1cc(OC)c(NC(=O)[C@@H]2[C@@H](C(=O)O)[C@@H]3CC[C@H]2O3)cc1Cl. The van der Waals surface area contributed by atoms with Crippen LogP contribution in [0.4, 0.5) is 5.69 Å². The van der Waals surface area contributed by atoms with Gasteiger partial charge in [-0.1, -0.05) is 11.6 Å². The van der Waals surface area contributed by atoms with Crippen LogP contribution in [0.2, 0.25) is 5.02 Å². The molecule has 0 radical (unpaired) electrons. The lowest BCUT2D eigenvalue weighted by Crippen LogP contribution is -2.41. The number of ether oxygens (including phenoxy) is 3. The van der Waals surface area contributed by atoms with Crippen LogP contribution in [0, 0.1) is 11.8 Å². The standard InChI is InChI=1S/C16H18ClNO6/c1-22-11-6-12(23-2)8(5-7(11)17)18-15(19)13-9-3-4-10(24-9)14(13)16(20)21/h5-6,9-10,13-14H,3-4H2,1-2H3,(H,18,19)(H,20,21)/t9-,10+,13+,14+/m1/s1. The molecule has 0 aliphatic carbocycles.